The summed E-state index contributed by atoms with van der Waals surface area (Å²) >= 11 is 0. The Kier molecular flexibility index (Phi) is 3.91. The van der Waals surface area contributed by atoms with Gasteiger partial charge in [0.1, 0.15) is 0 Å². The Hall–Kier alpha value is -2.29. The first-order chi connectivity index (χ1) is 10.2. The molecule has 1 aliphatic heterocycles. The molecule has 108 valence electrons. The van der Waals surface area contributed by atoms with Gasteiger partial charge < -0.3 is 10.6 Å². The summed E-state index contributed by atoms with van der Waals surface area (Å²) in [5.41, 5.74) is 8.76. The summed E-state index contributed by atoms with van der Waals surface area (Å²) in [6.07, 6.45) is 1.51. The number of rotatable bonds is 3. The molecule has 0 aromatic heterocycles. The van der Waals surface area contributed by atoms with Crippen molar-refractivity contribution in [2.75, 3.05) is 18.8 Å². The van der Waals surface area contributed by atoms with Crippen molar-refractivity contribution in [3.05, 3.63) is 65.7 Å². The van der Waals surface area contributed by atoms with Crippen LogP contribution in [0.1, 0.15) is 23.5 Å². The van der Waals surface area contributed by atoms with Crippen molar-refractivity contribution < 1.29 is 4.79 Å². The number of carbonyl (C=O) groups is 1. The van der Waals surface area contributed by atoms with E-state index in [0.29, 0.717) is 12.3 Å². The molecule has 1 saturated heterocycles. The van der Waals surface area contributed by atoms with Gasteiger partial charge in [-0.25, -0.2) is 0 Å². The van der Waals surface area contributed by atoms with Crippen molar-refractivity contribution in [2.24, 2.45) is 0 Å². The summed E-state index contributed by atoms with van der Waals surface area (Å²) in [5, 5.41) is 0. The third-order valence-electron chi connectivity index (χ3n) is 4.15. The maximum absolute atomic E-state index is 12.4. The van der Waals surface area contributed by atoms with Gasteiger partial charge >= 0.3 is 0 Å². The van der Waals surface area contributed by atoms with Crippen LogP contribution in [0.25, 0.3) is 0 Å². The van der Waals surface area contributed by atoms with Crippen LogP contribution in [-0.4, -0.2) is 23.9 Å². The Labute approximate surface area is 125 Å². The molecule has 1 fully saturated rings. The summed E-state index contributed by atoms with van der Waals surface area (Å²) < 4.78 is 0. The number of nitrogen functional groups attached to an aromatic ring is 1. The highest BCUT2D eigenvalue weighted by Gasteiger charge is 2.26. The van der Waals surface area contributed by atoms with Gasteiger partial charge in [0.25, 0.3) is 0 Å². The van der Waals surface area contributed by atoms with Crippen molar-refractivity contribution in [3.63, 3.8) is 0 Å². The average molecular weight is 280 g/mol. The van der Waals surface area contributed by atoms with E-state index in [1.165, 1.54) is 5.56 Å². The first-order valence-electron chi connectivity index (χ1n) is 7.39. The highest BCUT2D eigenvalue weighted by atomic mass is 16.2. The Morgan fingerprint density at radius 3 is 2.52 bits per heavy atom. The van der Waals surface area contributed by atoms with E-state index in [2.05, 4.69) is 24.3 Å². The molecule has 0 bridgehead atoms. The fourth-order valence-corrected chi connectivity index (χ4v) is 2.91. The third-order valence-corrected chi connectivity index (χ3v) is 4.15. The first-order valence-corrected chi connectivity index (χ1v) is 7.39. The minimum absolute atomic E-state index is 0.207. The van der Waals surface area contributed by atoms with Crippen LogP contribution in [0.4, 0.5) is 5.69 Å². The predicted molar refractivity (Wildman–Crippen MR) is 84.9 cm³/mol. The molecule has 2 N–H and O–H groups in total. The number of likely N-dealkylation sites (tertiary alicyclic amines) is 1. The van der Waals surface area contributed by atoms with Gasteiger partial charge in [-0.15, -0.1) is 0 Å². The Bertz CT molecular complexity index is 607. The molecule has 1 atom stereocenters. The zero-order valence-electron chi connectivity index (χ0n) is 12.0. The summed E-state index contributed by atoms with van der Waals surface area (Å²) in [4.78, 5) is 14.4. The van der Waals surface area contributed by atoms with Crippen LogP contribution in [0.2, 0.25) is 0 Å². The lowest BCUT2D eigenvalue weighted by atomic mass is 9.99. The number of hydrogen-bond donors (Lipinski definition) is 1. The summed E-state index contributed by atoms with van der Waals surface area (Å²) in [6, 6.07) is 18.0. The van der Waals surface area contributed by atoms with Crippen molar-refractivity contribution in [3.8, 4) is 0 Å². The third kappa shape index (κ3) is 3.24. The number of amides is 1. The second-order valence-electron chi connectivity index (χ2n) is 5.65. The number of anilines is 1. The maximum Gasteiger partial charge on any atom is 0.227 e. The molecule has 0 radical (unpaired) electrons. The number of carbonyl (C=O) groups excluding carboxylic acids is 1. The summed E-state index contributed by atoms with van der Waals surface area (Å²) in [7, 11) is 0. The van der Waals surface area contributed by atoms with Crippen LogP contribution in [0.3, 0.4) is 0 Å². The molecule has 1 heterocycles. The largest absolute Gasteiger partial charge is 0.399 e. The van der Waals surface area contributed by atoms with Gasteiger partial charge in [0.15, 0.2) is 0 Å². The van der Waals surface area contributed by atoms with E-state index in [1.54, 1.807) is 0 Å². The average Bonchev–Trinajstić information content (AvgIpc) is 3.00. The molecule has 21 heavy (non-hydrogen) atoms. The van der Waals surface area contributed by atoms with E-state index in [1.807, 2.05) is 35.2 Å². The number of benzene rings is 2. The first kappa shape index (κ1) is 13.7. The molecule has 0 aliphatic carbocycles. The van der Waals surface area contributed by atoms with Crippen molar-refractivity contribution >= 4 is 11.6 Å². The second-order valence-corrected chi connectivity index (χ2v) is 5.65. The molecule has 2 aromatic carbocycles. The SMILES string of the molecule is Nc1ccc(CC(=O)N2CCC(c3ccccc3)C2)cc1. The summed E-state index contributed by atoms with van der Waals surface area (Å²) in [6.45, 7) is 1.69. The monoisotopic (exact) mass is 280 g/mol. The standard InChI is InChI=1S/C18H20N2O/c19-17-8-6-14(7-9-17)12-18(21)20-11-10-16(13-20)15-4-2-1-3-5-15/h1-9,16H,10-13,19H2. The lowest BCUT2D eigenvalue weighted by Gasteiger charge is -2.17. The van der Waals surface area contributed by atoms with Crippen LogP contribution in [0.15, 0.2) is 54.6 Å². The van der Waals surface area contributed by atoms with Gasteiger partial charge in [-0.3, -0.25) is 4.79 Å². The van der Waals surface area contributed by atoms with Gasteiger partial charge in [-0.05, 0) is 29.7 Å². The highest BCUT2D eigenvalue weighted by molar-refractivity contribution is 5.79. The molecule has 2 aromatic rings. The molecular formula is C18H20N2O. The number of nitrogens with two attached hydrogens (primary N) is 1. The van der Waals surface area contributed by atoms with Crippen LogP contribution in [0.5, 0.6) is 0 Å². The zero-order valence-corrected chi connectivity index (χ0v) is 12.0. The molecule has 1 unspecified atom stereocenters. The zero-order chi connectivity index (χ0) is 14.7. The van der Waals surface area contributed by atoms with Crippen LogP contribution in [0, 0.1) is 0 Å². The summed E-state index contributed by atoms with van der Waals surface area (Å²) in [5.74, 6) is 0.680. The Balaban J connectivity index is 1.61. The van der Waals surface area contributed by atoms with E-state index in [4.69, 9.17) is 5.73 Å². The van der Waals surface area contributed by atoms with E-state index in [9.17, 15) is 4.79 Å². The molecule has 3 nitrogen and oxygen atoms in total. The lowest BCUT2D eigenvalue weighted by molar-refractivity contribution is -0.129. The highest BCUT2D eigenvalue weighted by Crippen LogP contribution is 2.27. The molecular weight excluding hydrogens is 260 g/mol. The van der Waals surface area contributed by atoms with Gasteiger partial charge in [0.05, 0.1) is 6.42 Å². The van der Waals surface area contributed by atoms with Gasteiger partial charge in [0.2, 0.25) is 5.91 Å². The molecule has 1 aliphatic rings. The van der Waals surface area contributed by atoms with E-state index < -0.39 is 0 Å². The van der Waals surface area contributed by atoms with Crippen molar-refractivity contribution in [1.29, 1.82) is 0 Å². The lowest BCUT2D eigenvalue weighted by Crippen LogP contribution is -2.29. The van der Waals surface area contributed by atoms with Crippen molar-refractivity contribution in [1.82, 2.24) is 4.90 Å². The Morgan fingerprint density at radius 1 is 1.10 bits per heavy atom. The predicted octanol–water partition coefficient (Wildman–Crippen LogP) is 2.83. The fourth-order valence-electron chi connectivity index (χ4n) is 2.91. The normalized spacial score (nSPS) is 17.9. The Morgan fingerprint density at radius 2 is 1.81 bits per heavy atom. The minimum atomic E-state index is 0.207. The van der Waals surface area contributed by atoms with E-state index in [-0.39, 0.29) is 5.91 Å². The number of hydrogen-bond acceptors (Lipinski definition) is 2. The van der Waals surface area contributed by atoms with E-state index >= 15 is 0 Å². The molecule has 1 amide bonds. The fraction of sp³-hybridized carbons (Fsp3) is 0.278. The molecule has 3 heteroatoms. The smallest absolute Gasteiger partial charge is 0.227 e. The van der Waals surface area contributed by atoms with Gasteiger partial charge in [-0.2, -0.15) is 0 Å². The van der Waals surface area contributed by atoms with Gasteiger partial charge in [-0.1, -0.05) is 42.5 Å². The van der Waals surface area contributed by atoms with Crippen molar-refractivity contribution in [2.45, 2.75) is 18.8 Å². The topological polar surface area (TPSA) is 46.3 Å². The van der Waals surface area contributed by atoms with Crippen LogP contribution >= 0.6 is 0 Å². The van der Waals surface area contributed by atoms with Crippen LogP contribution in [-0.2, 0) is 11.2 Å². The quantitative estimate of drug-likeness (QED) is 0.879. The number of nitrogens with zero attached hydrogens (tertiary/aromatic N) is 1. The molecule has 3 rings (SSSR count). The van der Waals surface area contributed by atoms with Crippen LogP contribution < -0.4 is 5.73 Å². The maximum atomic E-state index is 12.4. The van der Waals surface area contributed by atoms with E-state index in [0.717, 1.165) is 30.8 Å². The van der Waals surface area contributed by atoms with Gasteiger partial charge in [0, 0.05) is 24.7 Å². The molecule has 0 spiro atoms. The molecule has 0 saturated carbocycles. The second kappa shape index (κ2) is 6.00. The minimum Gasteiger partial charge on any atom is -0.399 e.